The van der Waals surface area contributed by atoms with E-state index in [1.165, 1.54) is 31.2 Å². The van der Waals surface area contributed by atoms with Crippen LogP contribution in [-0.4, -0.2) is 37.0 Å². The van der Waals surface area contributed by atoms with Gasteiger partial charge in [-0.25, -0.2) is 0 Å². The van der Waals surface area contributed by atoms with Gasteiger partial charge in [0.25, 0.3) is 0 Å². The van der Waals surface area contributed by atoms with Gasteiger partial charge in [0.2, 0.25) is 5.91 Å². The highest BCUT2D eigenvalue weighted by Crippen LogP contribution is 2.58. The molecule has 0 radical (unpaired) electrons. The van der Waals surface area contributed by atoms with Gasteiger partial charge in [-0.15, -0.1) is 0 Å². The van der Waals surface area contributed by atoms with E-state index in [1.54, 1.807) is 0 Å². The minimum Gasteiger partial charge on any atom is -0.342 e. The number of piperidine rings is 1. The molecule has 3 nitrogen and oxygen atoms in total. The highest BCUT2D eigenvalue weighted by Gasteiger charge is 2.54. The highest BCUT2D eigenvalue weighted by atomic mass is 16.2. The van der Waals surface area contributed by atoms with Crippen LogP contribution in [0.15, 0.2) is 30.3 Å². The molecule has 168 valence electrons. The van der Waals surface area contributed by atoms with Gasteiger partial charge in [-0.1, -0.05) is 64.4 Å². The summed E-state index contributed by atoms with van der Waals surface area (Å²) in [6.45, 7) is 11.0. The molecule has 1 aromatic carbocycles. The van der Waals surface area contributed by atoms with Crippen LogP contribution in [0, 0.1) is 17.3 Å². The zero-order valence-electron chi connectivity index (χ0n) is 20.0. The molecule has 1 aliphatic heterocycles. The molecule has 1 N–H and O–H groups in total. The Kier molecular flexibility index (Phi) is 7.66. The van der Waals surface area contributed by atoms with Gasteiger partial charge in [0.1, 0.15) is 0 Å². The van der Waals surface area contributed by atoms with E-state index >= 15 is 0 Å². The Morgan fingerprint density at radius 2 is 1.73 bits per heavy atom. The largest absolute Gasteiger partial charge is 0.342 e. The van der Waals surface area contributed by atoms with Crippen LogP contribution in [0.5, 0.6) is 0 Å². The molecule has 0 spiro atoms. The number of hydrogen-bond donors (Lipinski definition) is 1. The van der Waals surface area contributed by atoms with E-state index in [-0.39, 0.29) is 10.8 Å². The van der Waals surface area contributed by atoms with Gasteiger partial charge in [-0.3, -0.25) is 4.79 Å². The number of rotatable bonds is 3. The van der Waals surface area contributed by atoms with Crippen LogP contribution in [-0.2, 0) is 10.2 Å². The number of benzene rings is 1. The monoisotopic (exact) mass is 412 g/mol. The average molecular weight is 413 g/mol. The molecule has 2 saturated carbocycles. The standard InChI is InChI=1S/C24H36N2O.C3H8/c1-18-13-19-15-23(2,22(27)26(3)21-9-11-25-12-10-21)17-24(14-18,16-19)20-7-5-4-6-8-20;1-3-2/h4-8,18-19,21,25H,9-17H2,1-3H3;3H2,1-2H3. The van der Waals surface area contributed by atoms with Gasteiger partial charge in [-0.2, -0.15) is 0 Å². The maximum atomic E-state index is 13.7. The Balaban J connectivity index is 0.000000806. The summed E-state index contributed by atoms with van der Waals surface area (Å²) < 4.78 is 0. The van der Waals surface area contributed by atoms with Crippen LogP contribution in [0.1, 0.15) is 84.6 Å². The Labute approximate surface area is 185 Å². The number of nitrogens with zero attached hydrogens (tertiary/aromatic N) is 1. The molecular formula is C27H44N2O. The molecule has 1 saturated heterocycles. The van der Waals surface area contributed by atoms with Crippen LogP contribution < -0.4 is 5.32 Å². The molecule has 4 unspecified atom stereocenters. The molecule has 1 aromatic rings. The quantitative estimate of drug-likeness (QED) is 0.682. The summed E-state index contributed by atoms with van der Waals surface area (Å²) in [5.41, 5.74) is 1.42. The molecular weight excluding hydrogens is 368 g/mol. The predicted octanol–water partition coefficient (Wildman–Crippen LogP) is 5.79. The van der Waals surface area contributed by atoms with E-state index in [1.807, 2.05) is 0 Å². The van der Waals surface area contributed by atoms with Gasteiger partial charge < -0.3 is 10.2 Å². The number of carbonyl (C=O) groups is 1. The van der Waals surface area contributed by atoms with Crippen molar-refractivity contribution in [3.63, 3.8) is 0 Å². The summed E-state index contributed by atoms with van der Waals surface area (Å²) in [5.74, 6) is 1.83. The first kappa shape index (κ1) is 23.3. The normalized spacial score (nSPS) is 33.9. The first-order valence-corrected chi connectivity index (χ1v) is 12.4. The summed E-state index contributed by atoms with van der Waals surface area (Å²) in [5, 5.41) is 3.42. The molecule has 2 bridgehead atoms. The fourth-order valence-electron chi connectivity index (χ4n) is 6.87. The maximum absolute atomic E-state index is 13.7. The number of fused-ring (bicyclic) bond motifs is 2. The zero-order chi connectivity index (χ0) is 21.8. The van der Waals surface area contributed by atoms with Crippen LogP contribution in [0.25, 0.3) is 0 Å². The van der Waals surface area contributed by atoms with Crippen LogP contribution >= 0.6 is 0 Å². The lowest BCUT2D eigenvalue weighted by Gasteiger charge is -2.55. The average Bonchev–Trinajstić information content (AvgIpc) is 2.73. The third kappa shape index (κ3) is 4.93. The number of hydrogen-bond acceptors (Lipinski definition) is 2. The maximum Gasteiger partial charge on any atom is 0.228 e. The highest BCUT2D eigenvalue weighted by molar-refractivity contribution is 5.83. The van der Waals surface area contributed by atoms with Crippen LogP contribution in [0.3, 0.4) is 0 Å². The topological polar surface area (TPSA) is 32.3 Å². The summed E-state index contributed by atoms with van der Waals surface area (Å²) in [7, 11) is 2.06. The first-order valence-electron chi connectivity index (χ1n) is 12.4. The first-order chi connectivity index (χ1) is 14.3. The minimum atomic E-state index is -0.224. The molecule has 3 heteroatoms. The van der Waals surface area contributed by atoms with Crippen molar-refractivity contribution in [3.05, 3.63) is 35.9 Å². The van der Waals surface area contributed by atoms with Crippen LogP contribution in [0.4, 0.5) is 0 Å². The molecule has 30 heavy (non-hydrogen) atoms. The summed E-state index contributed by atoms with van der Waals surface area (Å²) in [6, 6.07) is 11.5. The van der Waals surface area contributed by atoms with E-state index in [4.69, 9.17) is 0 Å². The van der Waals surface area contributed by atoms with Crippen molar-refractivity contribution < 1.29 is 4.79 Å². The zero-order valence-corrected chi connectivity index (χ0v) is 20.0. The number of nitrogens with one attached hydrogen (secondary N) is 1. The number of amides is 1. The lowest BCUT2D eigenvalue weighted by atomic mass is 9.50. The third-order valence-corrected chi connectivity index (χ3v) is 7.70. The Morgan fingerprint density at radius 3 is 2.37 bits per heavy atom. The summed E-state index contributed by atoms with van der Waals surface area (Å²) in [4.78, 5) is 15.8. The third-order valence-electron chi connectivity index (χ3n) is 7.70. The smallest absolute Gasteiger partial charge is 0.228 e. The fourth-order valence-corrected chi connectivity index (χ4v) is 6.87. The van der Waals surface area contributed by atoms with Crippen molar-refractivity contribution in [1.82, 2.24) is 10.2 Å². The van der Waals surface area contributed by atoms with E-state index in [2.05, 4.69) is 75.3 Å². The van der Waals surface area contributed by atoms with Crippen molar-refractivity contribution in [2.45, 2.75) is 90.5 Å². The van der Waals surface area contributed by atoms with Crippen molar-refractivity contribution in [3.8, 4) is 0 Å². The van der Waals surface area contributed by atoms with E-state index in [0.29, 0.717) is 17.9 Å². The second-order valence-corrected chi connectivity index (χ2v) is 10.8. The van der Waals surface area contributed by atoms with E-state index in [9.17, 15) is 4.79 Å². The minimum absolute atomic E-state index is 0.182. The van der Waals surface area contributed by atoms with Gasteiger partial charge in [0.05, 0.1) is 0 Å². The second kappa shape index (κ2) is 9.85. The Morgan fingerprint density at radius 1 is 1.10 bits per heavy atom. The van der Waals surface area contributed by atoms with Gasteiger partial charge in [0, 0.05) is 18.5 Å². The lowest BCUT2D eigenvalue weighted by molar-refractivity contribution is -0.149. The molecule has 2 aliphatic carbocycles. The number of carbonyl (C=O) groups excluding carboxylic acids is 1. The second-order valence-electron chi connectivity index (χ2n) is 10.8. The molecule has 4 atom stereocenters. The van der Waals surface area contributed by atoms with Crippen molar-refractivity contribution in [1.29, 1.82) is 0 Å². The Hall–Kier alpha value is -1.35. The van der Waals surface area contributed by atoms with Gasteiger partial charge in [-0.05, 0) is 80.8 Å². The molecule has 1 amide bonds. The molecule has 3 aliphatic rings. The summed E-state index contributed by atoms with van der Waals surface area (Å²) in [6.07, 6.45) is 9.29. The SMILES string of the molecule is CC1CC2CC(C)(C(=O)N(C)C3CCNCC3)CC(c3ccccc3)(C1)C2.CCC. The fraction of sp³-hybridized carbons (Fsp3) is 0.741. The van der Waals surface area contributed by atoms with Crippen molar-refractivity contribution in [2.24, 2.45) is 17.3 Å². The summed E-state index contributed by atoms with van der Waals surface area (Å²) >= 11 is 0. The molecule has 3 fully saturated rings. The van der Waals surface area contributed by atoms with E-state index < -0.39 is 0 Å². The van der Waals surface area contributed by atoms with Crippen molar-refractivity contribution >= 4 is 5.91 Å². The van der Waals surface area contributed by atoms with Gasteiger partial charge in [0.15, 0.2) is 0 Å². The molecule has 0 aromatic heterocycles. The van der Waals surface area contributed by atoms with E-state index in [0.717, 1.165) is 44.7 Å². The van der Waals surface area contributed by atoms with Gasteiger partial charge >= 0.3 is 0 Å². The predicted molar refractivity (Wildman–Crippen MR) is 127 cm³/mol. The Bertz CT molecular complexity index is 679. The lowest BCUT2D eigenvalue weighted by Crippen LogP contribution is -2.55. The molecule has 4 rings (SSSR count). The van der Waals surface area contributed by atoms with Crippen molar-refractivity contribution in [2.75, 3.05) is 20.1 Å². The molecule has 1 heterocycles. The van der Waals surface area contributed by atoms with Crippen LogP contribution in [0.2, 0.25) is 0 Å².